The van der Waals surface area contributed by atoms with Crippen LogP contribution in [0, 0.1) is 0 Å². The van der Waals surface area contributed by atoms with Gasteiger partial charge < -0.3 is 14.2 Å². The van der Waals surface area contributed by atoms with Gasteiger partial charge in [-0.3, -0.25) is 14.4 Å². The van der Waals surface area contributed by atoms with Crippen LogP contribution >= 0.6 is 0 Å². The first-order chi connectivity index (χ1) is 37.0. The third-order valence-corrected chi connectivity index (χ3v) is 12.0. The van der Waals surface area contributed by atoms with Crippen LogP contribution in [0.15, 0.2) is 158 Å². The summed E-state index contributed by atoms with van der Waals surface area (Å²) in [7, 11) is 0. The summed E-state index contributed by atoms with van der Waals surface area (Å²) in [5.41, 5.74) is 0. The molecular formula is C69H108O6. The number of carbonyl (C=O) groups is 3. The van der Waals surface area contributed by atoms with Crippen LogP contribution < -0.4 is 0 Å². The zero-order valence-corrected chi connectivity index (χ0v) is 48.0. The van der Waals surface area contributed by atoms with Gasteiger partial charge in [0.1, 0.15) is 13.2 Å². The predicted octanol–water partition coefficient (Wildman–Crippen LogP) is 20.5. The zero-order chi connectivity index (χ0) is 54.3. The average Bonchev–Trinajstić information content (AvgIpc) is 3.41. The second-order valence-electron chi connectivity index (χ2n) is 19.1. The minimum absolute atomic E-state index is 0.107. The van der Waals surface area contributed by atoms with Crippen molar-refractivity contribution in [2.45, 2.75) is 245 Å². The molecule has 0 aromatic rings. The van der Waals surface area contributed by atoms with Crippen LogP contribution in [0.4, 0.5) is 0 Å². The quantitative estimate of drug-likeness (QED) is 0.0261. The molecule has 0 amide bonds. The molecule has 0 N–H and O–H groups in total. The Morgan fingerprint density at radius 2 is 0.533 bits per heavy atom. The maximum absolute atomic E-state index is 12.7. The van der Waals surface area contributed by atoms with Crippen molar-refractivity contribution < 1.29 is 28.6 Å². The molecule has 0 heterocycles. The normalized spacial score (nSPS) is 13.3. The van der Waals surface area contributed by atoms with Gasteiger partial charge in [-0.1, -0.05) is 256 Å². The minimum Gasteiger partial charge on any atom is -0.462 e. The van der Waals surface area contributed by atoms with E-state index in [1.54, 1.807) is 0 Å². The predicted molar refractivity (Wildman–Crippen MR) is 325 cm³/mol. The molecule has 0 aliphatic carbocycles. The molecule has 6 heteroatoms. The van der Waals surface area contributed by atoms with E-state index in [-0.39, 0.29) is 37.5 Å². The molecule has 1 atom stereocenters. The van der Waals surface area contributed by atoms with Crippen molar-refractivity contribution in [3.8, 4) is 0 Å². The fourth-order valence-corrected chi connectivity index (χ4v) is 7.61. The summed E-state index contributed by atoms with van der Waals surface area (Å²) in [5.74, 6) is -0.993. The Bertz CT molecular complexity index is 1710. The van der Waals surface area contributed by atoms with Crippen LogP contribution in [0.2, 0.25) is 0 Å². The first kappa shape index (κ1) is 70.0. The molecule has 75 heavy (non-hydrogen) atoms. The highest BCUT2D eigenvalue weighted by atomic mass is 16.6. The summed E-state index contributed by atoms with van der Waals surface area (Å²) in [4.78, 5) is 37.8. The molecule has 0 aliphatic heterocycles. The van der Waals surface area contributed by atoms with Gasteiger partial charge in [-0.05, 0) is 122 Å². The van der Waals surface area contributed by atoms with E-state index in [2.05, 4.69) is 179 Å². The van der Waals surface area contributed by atoms with Crippen LogP contribution in [0.25, 0.3) is 0 Å². The summed E-state index contributed by atoms with van der Waals surface area (Å²) in [6.07, 6.45) is 90.1. The molecular weight excluding hydrogens is 925 g/mol. The summed E-state index contributed by atoms with van der Waals surface area (Å²) >= 11 is 0. The number of hydrogen-bond acceptors (Lipinski definition) is 6. The van der Waals surface area contributed by atoms with Gasteiger partial charge in [0.05, 0.1) is 0 Å². The van der Waals surface area contributed by atoms with E-state index in [1.807, 2.05) is 0 Å². The smallest absolute Gasteiger partial charge is 0.306 e. The van der Waals surface area contributed by atoms with E-state index in [4.69, 9.17) is 14.2 Å². The van der Waals surface area contributed by atoms with Crippen LogP contribution in [0.3, 0.4) is 0 Å². The van der Waals surface area contributed by atoms with Crippen molar-refractivity contribution in [2.75, 3.05) is 13.2 Å². The number of allylic oxidation sites excluding steroid dienone is 26. The van der Waals surface area contributed by atoms with Gasteiger partial charge in [0.25, 0.3) is 0 Å². The average molecular weight is 1030 g/mol. The molecule has 0 rings (SSSR count). The lowest BCUT2D eigenvalue weighted by Gasteiger charge is -2.18. The first-order valence-electron chi connectivity index (χ1n) is 30.0. The van der Waals surface area contributed by atoms with Crippen LogP contribution in [0.1, 0.15) is 239 Å². The van der Waals surface area contributed by atoms with Gasteiger partial charge in [0.2, 0.25) is 0 Å². The van der Waals surface area contributed by atoms with E-state index in [0.717, 1.165) is 148 Å². The van der Waals surface area contributed by atoms with Crippen molar-refractivity contribution in [2.24, 2.45) is 0 Å². The van der Waals surface area contributed by atoms with E-state index in [9.17, 15) is 14.4 Å². The Labute approximate surface area is 460 Å². The first-order valence-corrected chi connectivity index (χ1v) is 30.0. The van der Waals surface area contributed by atoms with Crippen molar-refractivity contribution >= 4 is 17.9 Å². The molecule has 0 spiro atoms. The maximum Gasteiger partial charge on any atom is 0.306 e. The molecule has 6 nitrogen and oxygen atoms in total. The minimum atomic E-state index is -0.811. The molecule has 0 aromatic heterocycles. The Morgan fingerprint density at radius 1 is 0.280 bits per heavy atom. The van der Waals surface area contributed by atoms with Crippen molar-refractivity contribution in [1.82, 2.24) is 0 Å². The lowest BCUT2D eigenvalue weighted by Crippen LogP contribution is -2.30. The van der Waals surface area contributed by atoms with E-state index in [0.29, 0.717) is 19.3 Å². The highest BCUT2D eigenvalue weighted by Crippen LogP contribution is 2.14. The number of hydrogen-bond donors (Lipinski definition) is 0. The number of carbonyl (C=O) groups excluding carboxylic acids is 3. The lowest BCUT2D eigenvalue weighted by molar-refractivity contribution is -0.167. The summed E-state index contributed by atoms with van der Waals surface area (Å²) in [5, 5.41) is 0. The number of esters is 3. The van der Waals surface area contributed by atoms with E-state index in [1.165, 1.54) is 44.9 Å². The third-order valence-electron chi connectivity index (χ3n) is 12.0. The molecule has 0 aromatic carbocycles. The van der Waals surface area contributed by atoms with Crippen molar-refractivity contribution in [3.05, 3.63) is 158 Å². The standard InChI is InChI=1S/C69H108O6/c1-4-7-10-13-15-17-19-21-23-25-26-27-28-29-30-31-32-33-34-35-36-37-38-39-40-41-42-44-45-47-49-51-53-56-59-62-68(71)74-65-66(64-73-67(70)61-58-55-12-9-6-3)75-69(72)63-60-57-54-52-50-48-46-43-24-22-20-18-16-14-11-8-5-2/h7-8,10-11,15-18,21-24,26-27,29-30,32-33,35-36,38-39,46,48,52,54,66H,4-6,9,12-14,19-20,25,28,31,34,37,40-45,47,49-51,53,55-65H2,1-3H3/b10-7-,11-8-,17-15-,18-16-,23-21-,24-22-,27-26-,30-29-,33-32-,36-35-,39-38-,48-46-,54-52-. The van der Waals surface area contributed by atoms with Gasteiger partial charge in [0.15, 0.2) is 6.10 Å². The van der Waals surface area contributed by atoms with Crippen LogP contribution in [0.5, 0.6) is 0 Å². The number of ether oxygens (including phenoxy) is 3. The molecule has 0 radical (unpaired) electrons. The number of unbranched alkanes of at least 4 members (excludes halogenated alkanes) is 15. The highest BCUT2D eigenvalue weighted by Gasteiger charge is 2.19. The lowest BCUT2D eigenvalue weighted by atomic mass is 10.1. The molecule has 0 saturated heterocycles. The van der Waals surface area contributed by atoms with Crippen LogP contribution in [-0.4, -0.2) is 37.2 Å². The zero-order valence-electron chi connectivity index (χ0n) is 48.0. The van der Waals surface area contributed by atoms with Crippen molar-refractivity contribution in [1.29, 1.82) is 0 Å². The summed E-state index contributed by atoms with van der Waals surface area (Å²) in [6.45, 7) is 6.26. The van der Waals surface area contributed by atoms with Gasteiger partial charge in [-0.2, -0.15) is 0 Å². The van der Waals surface area contributed by atoms with Gasteiger partial charge in [-0.15, -0.1) is 0 Å². The molecule has 0 aliphatic rings. The van der Waals surface area contributed by atoms with Crippen LogP contribution in [-0.2, 0) is 28.6 Å². The third kappa shape index (κ3) is 59.8. The Morgan fingerprint density at radius 3 is 0.853 bits per heavy atom. The Balaban J connectivity index is 4.11. The highest BCUT2D eigenvalue weighted by molar-refractivity contribution is 5.71. The SMILES string of the molecule is CC/C=C\C/C=C\C/C=C\C/C=C\C/C=C\C/C=C\C/C=C\C/C=C\CCCCCCCCCCCCC(=O)OCC(COC(=O)CCCCCCC)OC(=O)CCC/C=C\C/C=C\C/C=C\C/C=C\C/C=C\CC. The molecule has 420 valence electrons. The van der Waals surface area contributed by atoms with Gasteiger partial charge >= 0.3 is 17.9 Å². The maximum atomic E-state index is 12.7. The summed E-state index contributed by atoms with van der Waals surface area (Å²) < 4.78 is 16.6. The van der Waals surface area contributed by atoms with Crippen molar-refractivity contribution in [3.63, 3.8) is 0 Å². The second-order valence-corrected chi connectivity index (χ2v) is 19.1. The monoisotopic (exact) mass is 1030 g/mol. The van der Waals surface area contributed by atoms with Gasteiger partial charge in [0, 0.05) is 19.3 Å². The fraction of sp³-hybridized carbons (Fsp3) is 0.580. The molecule has 1 unspecified atom stereocenters. The molecule has 0 bridgehead atoms. The van der Waals surface area contributed by atoms with E-state index >= 15 is 0 Å². The number of rotatable bonds is 52. The van der Waals surface area contributed by atoms with E-state index < -0.39 is 6.10 Å². The Hall–Kier alpha value is -4.97. The molecule has 0 saturated carbocycles. The van der Waals surface area contributed by atoms with Gasteiger partial charge in [-0.25, -0.2) is 0 Å². The summed E-state index contributed by atoms with van der Waals surface area (Å²) in [6, 6.07) is 0. The topological polar surface area (TPSA) is 78.9 Å². The molecule has 0 fully saturated rings. The second kappa shape index (κ2) is 61.6. The largest absolute Gasteiger partial charge is 0.462 e. The Kier molecular flexibility index (Phi) is 57.5. The fourth-order valence-electron chi connectivity index (χ4n) is 7.61.